The third-order valence-electron chi connectivity index (χ3n) is 4.06. The number of nitrogens with zero attached hydrogens (tertiary/aromatic N) is 2. The number of thiazole rings is 1. The second-order valence-corrected chi connectivity index (χ2v) is 8.55. The summed E-state index contributed by atoms with van der Waals surface area (Å²) < 4.78 is 0. The van der Waals surface area contributed by atoms with Gasteiger partial charge < -0.3 is 10.6 Å². The average Bonchev–Trinajstić information content (AvgIpc) is 3.22. The van der Waals surface area contributed by atoms with Crippen molar-refractivity contribution in [3.63, 3.8) is 0 Å². The number of hydrogen-bond acceptors (Lipinski definition) is 8. The van der Waals surface area contributed by atoms with Gasteiger partial charge in [0.2, 0.25) is 11.8 Å². The fraction of sp³-hybridized carbons (Fsp3) is 0.143. The maximum absolute atomic E-state index is 12.3. The predicted molar refractivity (Wildman–Crippen MR) is 129 cm³/mol. The van der Waals surface area contributed by atoms with Gasteiger partial charge in [-0.1, -0.05) is 6.07 Å². The number of thioether (sulfide) groups is 1. The first-order valence-corrected chi connectivity index (χ1v) is 11.6. The van der Waals surface area contributed by atoms with E-state index in [9.17, 15) is 24.5 Å². The molecule has 3 rings (SSSR count). The van der Waals surface area contributed by atoms with Crippen molar-refractivity contribution in [3.05, 3.63) is 75.3 Å². The lowest BCUT2D eigenvalue weighted by atomic mass is 10.2. The molecule has 0 unspecified atom stereocenters. The van der Waals surface area contributed by atoms with E-state index in [1.54, 1.807) is 29.6 Å². The topological polar surface area (TPSA) is 143 Å². The second-order valence-electron chi connectivity index (χ2n) is 6.71. The zero-order valence-electron chi connectivity index (χ0n) is 17.4. The van der Waals surface area contributed by atoms with Crippen LogP contribution in [0.15, 0.2) is 53.9 Å². The molecule has 0 atom stereocenters. The smallest absolute Gasteiger partial charge is 0.270 e. The first-order valence-electron chi connectivity index (χ1n) is 9.55. The molecule has 0 fully saturated rings. The summed E-state index contributed by atoms with van der Waals surface area (Å²) in [5.74, 6) is -0.159. The van der Waals surface area contributed by atoms with Crippen molar-refractivity contribution in [2.24, 2.45) is 0 Å². The van der Waals surface area contributed by atoms with Crippen molar-refractivity contribution >= 4 is 63.0 Å². The summed E-state index contributed by atoms with van der Waals surface area (Å²) >= 11 is 2.60. The summed E-state index contributed by atoms with van der Waals surface area (Å²) in [6.07, 6.45) is 0. The third kappa shape index (κ3) is 7.40. The van der Waals surface area contributed by atoms with Crippen molar-refractivity contribution in [2.45, 2.75) is 12.7 Å². The van der Waals surface area contributed by atoms with Crippen LogP contribution in [0.3, 0.4) is 0 Å². The number of hydrogen-bond donors (Lipinski definition) is 3. The maximum atomic E-state index is 12.3. The molecule has 0 spiro atoms. The van der Waals surface area contributed by atoms with Crippen molar-refractivity contribution in [2.75, 3.05) is 21.7 Å². The molecule has 1 aromatic heterocycles. The van der Waals surface area contributed by atoms with Crippen LogP contribution in [0.25, 0.3) is 0 Å². The van der Waals surface area contributed by atoms with Crippen LogP contribution in [0.2, 0.25) is 0 Å². The standard InChI is InChI=1S/C21H19N5O5S2/c1-13(27)22-15-5-7-16(8-6-15)23-19(28)12-32-10-17-11-33-21(24-17)25-20(29)14-3-2-4-18(9-14)26(30)31/h2-9,11H,10,12H2,1H3,(H,22,27)(H,23,28)(H,24,25,29). The monoisotopic (exact) mass is 485 g/mol. The highest BCUT2D eigenvalue weighted by molar-refractivity contribution is 7.99. The first-order chi connectivity index (χ1) is 15.8. The number of nitro groups is 1. The third-order valence-corrected chi connectivity index (χ3v) is 5.84. The molecule has 2 aromatic carbocycles. The quantitative estimate of drug-likeness (QED) is 0.305. The molecule has 33 heavy (non-hydrogen) atoms. The van der Waals surface area contributed by atoms with Crippen LogP contribution in [0, 0.1) is 10.1 Å². The summed E-state index contributed by atoms with van der Waals surface area (Å²) in [5.41, 5.74) is 1.96. The molecule has 0 aliphatic carbocycles. The Kier molecular flexibility index (Phi) is 8.11. The minimum Gasteiger partial charge on any atom is -0.326 e. The molecule has 1 heterocycles. The van der Waals surface area contributed by atoms with Gasteiger partial charge in [-0.2, -0.15) is 0 Å². The largest absolute Gasteiger partial charge is 0.326 e. The van der Waals surface area contributed by atoms with Gasteiger partial charge in [-0.15, -0.1) is 23.1 Å². The zero-order valence-corrected chi connectivity index (χ0v) is 19.0. The molecule has 0 saturated carbocycles. The van der Waals surface area contributed by atoms with Crippen LogP contribution in [-0.4, -0.2) is 33.4 Å². The normalized spacial score (nSPS) is 10.3. The van der Waals surface area contributed by atoms with E-state index in [0.717, 1.165) is 0 Å². The van der Waals surface area contributed by atoms with E-state index >= 15 is 0 Å². The number of carbonyl (C=O) groups excluding carboxylic acids is 3. The van der Waals surface area contributed by atoms with Crippen LogP contribution in [0.4, 0.5) is 22.2 Å². The summed E-state index contributed by atoms with van der Waals surface area (Å²) in [4.78, 5) is 50.1. The molecule has 3 N–H and O–H groups in total. The minimum absolute atomic E-state index is 0.164. The molecule has 0 saturated heterocycles. The van der Waals surface area contributed by atoms with E-state index in [-0.39, 0.29) is 28.8 Å². The molecule has 12 heteroatoms. The molecular formula is C21H19N5O5S2. The number of non-ortho nitro benzene ring substituents is 1. The predicted octanol–water partition coefficient (Wildman–Crippen LogP) is 4.13. The Morgan fingerprint density at radius 3 is 2.42 bits per heavy atom. The van der Waals surface area contributed by atoms with Gasteiger partial charge in [0.15, 0.2) is 5.13 Å². The Bertz CT molecular complexity index is 1180. The summed E-state index contributed by atoms with van der Waals surface area (Å²) in [5, 5.41) is 21.0. The molecule has 170 valence electrons. The Balaban J connectivity index is 1.44. The van der Waals surface area contributed by atoms with E-state index in [2.05, 4.69) is 20.9 Å². The Hall–Kier alpha value is -3.77. The van der Waals surface area contributed by atoms with Crippen LogP contribution >= 0.6 is 23.1 Å². The van der Waals surface area contributed by atoms with Gasteiger partial charge in [0.05, 0.1) is 16.4 Å². The highest BCUT2D eigenvalue weighted by Crippen LogP contribution is 2.21. The zero-order chi connectivity index (χ0) is 23.8. The number of nitro benzene ring substituents is 1. The van der Waals surface area contributed by atoms with Crippen LogP contribution in [0.5, 0.6) is 0 Å². The second kappa shape index (κ2) is 11.2. The van der Waals surface area contributed by atoms with Gasteiger partial charge in [0.25, 0.3) is 11.6 Å². The fourth-order valence-corrected chi connectivity index (χ4v) is 4.17. The number of benzene rings is 2. The molecule has 3 amide bonds. The van der Waals surface area contributed by atoms with Gasteiger partial charge in [-0.25, -0.2) is 4.98 Å². The van der Waals surface area contributed by atoms with E-state index in [1.807, 2.05) is 0 Å². The van der Waals surface area contributed by atoms with Crippen molar-refractivity contribution in [3.8, 4) is 0 Å². The molecular weight excluding hydrogens is 466 g/mol. The number of nitrogens with one attached hydrogen (secondary N) is 3. The van der Waals surface area contributed by atoms with Crippen molar-refractivity contribution in [1.29, 1.82) is 0 Å². The summed E-state index contributed by atoms with van der Waals surface area (Å²) in [6, 6.07) is 12.2. The van der Waals surface area contributed by atoms with Gasteiger partial charge >= 0.3 is 0 Å². The lowest BCUT2D eigenvalue weighted by molar-refractivity contribution is -0.384. The van der Waals surface area contributed by atoms with Crippen LogP contribution < -0.4 is 16.0 Å². The minimum atomic E-state index is -0.563. The van der Waals surface area contributed by atoms with E-state index < -0.39 is 10.8 Å². The van der Waals surface area contributed by atoms with Crippen molar-refractivity contribution < 1.29 is 19.3 Å². The number of amides is 3. The molecule has 0 aliphatic heterocycles. The lowest BCUT2D eigenvalue weighted by Crippen LogP contribution is -2.14. The highest BCUT2D eigenvalue weighted by Gasteiger charge is 2.13. The summed E-state index contributed by atoms with van der Waals surface area (Å²) in [7, 11) is 0. The first kappa shape index (κ1) is 23.9. The summed E-state index contributed by atoms with van der Waals surface area (Å²) in [6.45, 7) is 1.42. The molecule has 0 radical (unpaired) electrons. The number of carbonyl (C=O) groups is 3. The molecule has 3 aromatic rings. The fourth-order valence-electron chi connectivity index (χ4n) is 2.65. The Morgan fingerprint density at radius 2 is 1.76 bits per heavy atom. The van der Waals surface area contributed by atoms with Gasteiger partial charge in [-0.05, 0) is 30.3 Å². The number of rotatable bonds is 9. The van der Waals surface area contributed by atoms with Crippen molar-refractivity contribution in [1.82, 2.24) is 4.98 Å². The lowest BCUT2D eigenvalue weighted by Gasteiger charge is -2.06. The van der Waals surface area contributed by atoms with E-state index in [4.69, 9.17) is 0 Å². The highest BCUT2D eigenvalue weighted by atomic mass is 32.2. The number of aromatic nitrogens is 1. The van der Waals surface area contributed by atoms with Gasteiger partial charge in [-0.3, -0.25) is 29.8 Å². The molecule has 0 aliphatic rings. The van der Waals surface area contributed by atoms with Crippen LogP contribution in [-0.2, 0) is 15.3 Å². The Morgan fingerprint density at radius 1 is 1.06 bits per heavy atom. The van der Waals surface area contributed by atoms with E-state index in [1.165, 1.54) is 54.3 Å². The maximum Gasteiger partial charge on any atom is 0.270 e. The Labute approximate surface area is 197 Å². The van der Waals surface area contributed by atoms with Crippen LogP contribution in [0.1, 0.15) is 23.0 Å². The number of anilines is 3. The van der Waals surface area contributed by atoms with Gasteiger partial charge in [0, 0.05) is 47.1 Å². The van der Waals surface area contributed by atoms with Gasteiger partial charge in [0.1, 0.15) is 0 Å². The molecule has 10 nitrogen and oxygen atoms in total. The van der Waals surface area contributed by atoms with E-state index in [0.29, 0.717) is 28.0 Å². The SMILES string of the molecule is CC(=O)Nc1ccc(NC(=O)CSCc2csc(NC(=O)c3cccc([N+](=O)[O-])c3)n2)cc1. The molecule has 0 bridgehead atoms. The average molecular weight is 486 g/mol.